The van der Waals surface area contributed by atoms with Gasteiger partial charge in [-0.05, 0) is 30.3 Å². The van der Waals surface area contributed by atoms with E-state index in [1.165, 1.54) is 24.4 Å². The van der Waals surface area contributed by atoms with E-state index in [0.717, 1.165) is 12.1 Å². The Morgan fingerprint density at radius 1 is 1.19 bits per heavy atom. The largest absolute Gasteiger partial charge is 0.454 e. The van der Waals surface area contributed by atoms with Crippen molar-refractivity contribution in [3.05, 3.63) is 54.1 Å². The van der Waals surface area contributed by atoms with Crippen molar-refractivity contribution in [3.63, 3.8) is 0 Å². The minimum atomic E-state index is -4.94. The highest BCUT2D eigenvalue weighted by Crippen LogP contribution is 2.19. The number of rotatable bonds is 5. The predicted molar refractivity (Wildman–Crippen MR) is 72.0 cm³/mol. The van der Waals surface area contributed by atoms with Gasteiger partial charge in [0.25, 0.3) is 5.78 Å². The summed E-state index contributed by atoms with van der Waals surface area (Å²) in [5.41, 5.74) is 0.304. The van der Waals surface area contributed by atoms with Crippen molar-refractivity contribution in [1.82, 2.24) is 4.90 Å². The van der Waals surface area contributed by atoms with Crippen LogP contribution >= 0.6 is 0 Å². The van der Waals surface area contributed by atoms with Crippen LogP contribution in [0.3, 0.4) is 0 Å². The van der Waals surface area contributed by atoms with E-state index in [1.807, 2.05) is 0 Å². The van der Waals surface area contributed by atoms with Crippen molar-refractivity contribution in [2.24, 2.45) is 0 Å². The fourth-order valence-electron chi connectivity index (χ4n) is 1.28. The third-order valence-electron chi connectivity index (χ3n) is 2.25. The number of ketones is 1. The molecule has 7 heteroatoms. The summed E-state index contributed by atoms with van der Waals surface area (Å²) in [6.45, 7) is 0. The van der Waals surface area contributed by atoms with Crippen molar-refractivity contribution in [1.29, 1.82) is 0 Å². The van der Waals surface area contributed by atoms with Crippen LogP contribution in [0.2, 0.25) is 0 Å². The van der Waals surface area contributed by atoms with E-state index >= 15 is 0 Å². The zero-order valence-corrected chi connectivity index (χ0v) is 11.4. The Labute approximate surface area is 119 Å². The van der Waals surface area contributed by atoms with Gasteiger partial charge in [0.2, 0.25) is 0 Å². The fourth-order valence-corrected chi connectivity index (χ4v) is 1.28. The van der Waals surface area contributed by atoms with Gasteiger partial charge < -0.3 is 10.2 Å². The van der Waals surface area contributed by atoms with Crippen LogP contribution in [0.5, 0.6) is 0 Å². The second-order valence-corrected chi connectivity index (χ2v) is 4.37. The molecule has 1 rings (SSSR count). The number of alkyl halides is 3. The molecule has 3 nitrogen and oxygen atoms in total. The monoisotopic (exact) mass is 302 g/mol. The molecule has 0 saturated carbocycles. The molecule has 0 heterocycles. The molecule has 21 heavy (non-hydrogen) atoms. The van der Waals surface area contributed by atoms with Crippen LogP contribution in [-0.4, -0.2) is 31.0 Å². The summed E-state index contributed by atoms with van der Waals surface area (Å²) in [5.74, 6) is -2.45. The highest BCUT2D eigenvalue weighted by atomic mass is 19.4. The number of benzene rings is 1. The molecule has 0 aliphatic rings. The van der Waals surface area contributed by atoms with Gasteiger partial charge in [0.15, 0.2) is 0 Å². The van der Waals surface area contributed by atoms with Crippen LogP contribution in [0.25, 0.3) is 0 Å². The molecule has 0 aliphatic heterocycles. The zero-order valence-electron chi connectivity index (χ0n) is 11.4. The number of carbonyl (C=O) groups is 1. The van der Waals surface area contributed by atoms with E-state index in [2.05, 4.69) is 5.32 Å². The molecule has 1 aromatic carbocycles. The molecule has 0 aliphatic carbocycles. The van der Waals surface area contributed by atoms with E-state index in [0.29, 0.717) is 11.8 Å². The Bertz CT molecular complexity index is 545. The van der Waals surface area contributed by atoms with Crippen LogP contribution in [0.4, 0.5) is 23.2 Å². The van der Waals surface area contributed by atoms with E-state index < -0.39 is 17.8 Å². The molecular weight excluding hydrogens is 288 g/mol. The van der Waals surface area contributed by atoms with Gasteiger partial charge in [-0.15, -0.1) is 0 Å². The minimum Gasteiger partial charge on any atom is -0.383 e. The lowest BCUT2D eigenvalue weighted by atomic mass is 10.2. The number of nitrogens with zero attached hydrogens (tertiary/aromatic N) is 1. The molecule has 0 bridgehead atoms. The summed E-state index contributed by atoms with van der Waals surface area (Å²) in [6.07, 6.45) is -1.70. The summed E-state index contributed by atoms with van der Waals surface area (Å²) in [7, 11) is 3.36. The van der Waals surface area contributed by atoms with Crippen LogP contribution in [-0.2, 0) is 4.79 Å². The van der Waals surface area contributed by atoms with Crippen LogP contribution in [0, 0.1) is 5.82 Å². The number of allylic oxidation sites excluding steroid dienone is 2. The van der Waals surface area contributed by atoms with Crippen molar-refractivity contribution in [3.8, 4) is 0 Å². The molecular formula is C14H14F4N2O. The number of halogens is 4. The van der Waals surface area contributed by atoms with E-state index in [-0.39, 0.29) is 5.70 Å². The third kappa shape index (κ3) is 6.11. The minimum absolute atomic E-state index is 0.0577. The van der Waals surface area contributed by atoms with Crippen LogP contribution < -0.4 is 5.32 Å². The normalized spacial score (nSPS) is 12.6. The van der Waals surface area contributed by atoms with Gasteiger partial charge in [0.05, 0.1) is 0 Å². The van der Waals surface area contributed by atoms with Crippen molar-refractivity contribution in [2.45, 2.75) is 6.18 Å². The first kappa shape index (κ1) is 16.7. The standard InChI is InChI=1S/C14H14F4N2O/c1-20(2)8-7-12(9-13(21)14(16,17)18)19-11-5-3-10(15)4-6-11/h3-9,19H,1-2H3/b8-7+,12-9?. The lowest BCUT2D eigenvalue weighted by Gasteiger charge is -2.10. The Kier molecular flexibility index (Phi) is 5.52. The molecule has 0 fully saturated rings. The summed E-state index contributed by atoms with van der Waals surface area (Å²) in [4.78, 5) is 12.6. The molecule has 1 N–H and O–H groups in total. The number of nitrogens with one attached hydrogen (secondary N) is 1. The Morgan fingerprint density at radius 3 is 2.24 bits per heavy atom. The van der Waals surface area contributed by atoms with Gasteiger partial charge in [0.1, 0.15) is 5.82 Å². The summed E-state index contributed by atoms with van der Waals surface area (Å²) in [6, 6.07) is 5.01. The van der Waals surface area contributed by atoms with Crippen molar-refractivity contribution in [2.75, 3.05) is 19.4 Å². The van der Waals surface area contributed by atoms with Crippen molar-refractivity contribution < 1.29 is 22.4 Å². The number of hydrogen-bond acceptors (Lipinski definition) is 3. The molecule has 1 aromatic rings. The Balaban J connectivity index is 3.00. The van der Waals surface area contributed by atoms with Gasteiger partial charge in [-0.3, -0.25) is 4.79 Å². The molecule has 0 spiro atoms. The molecule has 114 valence electrons. The maximum atomic E-state index is 12.8. The SMILES string of the molecule is CN(C)/C=C/C(=CC(=O)C(F)(F)F)Nc1ccc(F)cc1. The number of anilines is 1. The van der Waals surface area contributed by atoms with Crippen molar-refractivity contribution >= 4 is 11.5 Å². The Hall–Kier alpha value is -2.31. The lowest BCUT2D eigenvalue weighted by molar-refractivity contribution is -0.165. The average Bonchev–Trinajstić information content (AvgIpc) is 2.37. The highest BCUT2D eigenvalue weighted by molar-refractivity contribution is 5.95. The van der Waals surface area contributed by atoms with Crippen LogP contribution in [0.1, 0.15) is 0 Å². The van der Waals surface area contributed by atoms with E-state index in [1.54, 1.807) is 19.0 Å². The van der Waals surface area contributed by atoms with E-state index in [4.69, 9.17) is 0 Å². The molecule has 0 amide bonds. The first-order valence-corrected chi connectivity index (χ1v) is 5.88. The maximum absolute atomic E-state index is 12.8. The molecule has 0 aromatic heterocycles. The number of hydrogen-bond donors (Lipinski definition) is 1. The van der Waals surface area contributed by atoms with Gasteiger partial charge in [-0.25, -0.2) is 4.39 Å². The summed E-state index contributed by atoms with van der Waals surface area (Å²) >= 11 is 0. The quantitative estimate of drug-likeness (QED) is 0.514. The predicted octanol–water partition coefficient (Wildman–Crippen LogP) is 3.33. The third-order valence-corrected chi connectivity index (χ3v) is 2.25. The summed E-state index contributed by atoms with van der Waals surface area (Å²) in [5, 5.41) is 2.62. The fraction of sp³-hybridized carbons (Fsp3) is 0.214. The second kappa shape index (κ2) is 6.92. The Morgan fingerprint density at radius 2 is 1.76 bits per heavy atom. The summed E-state index contributed by atoms with van der Waals surface area (Å²) < 4.78 is 49.7. The second-order valence-electron chi connectivity index (χ2n) is 4.37. The molecule has 0 atom stereocenters. The molecule has 0 radical (unpaired) electrons. The molecule has 0 saturated heterocycles. The first-order chi connectivity index (χ1) is 9.68. The number of carbonyl (C=O) groups excluding carboxylic acids is 1. The molecule has 0 unspecified atom stereocenters. The van der Waals surface area contributed by atoms with Gasteiger partial charge in [0, 0.05) is 37.8 Å². The van der Waals surface area contributed by atoms with E-state index in [9.17, 15) is 22.4 Å². The maximum Gasteiger partial charge on any atom is 0.454 e. The van der Waals surface area contributed by atoms with Gasteiger partial charge >= 0.3 is 6.18 Å². The first-order valence-electron chi connectivity index (χ1n) is 5.88. The van der Waals surface area contributed by atoms with Gasteiger partial charge in [-0.1, -0.05) is 0 Å². The average molecular weight is 302 g/mol. The highest BCUT2D eigenvalue weighted by Gasteiger charge is 2.36. The zero-order chi connectivity index (χ0) is 16.0. The lowest BCUT2D eigenvalue weighted by Crippen LogP contribution is -2.21. The topological polar surface area (TPSA) is 32.3 Å². The van der Waals surface area contributed by atoms with Gasteiger partial charge in [-0.2, -0.15) is 13.2 Å². The van der Waals surface area contributed by atoms with Crippen LogP contribution in [0.15, 0.2) is 48.3 Å². The smallest absolute Gasteiger partial charge is 0.383 e.